The fourth-order valence-electron chi connectivity index (χ4n) is 7.00. The van der Waals surface area contributed by atoms with Gasteiger partial charge in [-0.2, -0.15) is 0 Å². The maximum atomic E-state index is 4.53. The van der Waals surface area contributed by atoms with Gasteiger partial charge in [-0.15, -0.1) is 0 Å². The summed E-state index contributed by atoms with van der Waals surface area (Å²) in [6.07, 6.45) is 14.3. The van der Waals surface area contributed by atoms with E-state index in [9.17, 15) is 0 Å². The molecule has 218 valence electrons. The predicted molar refractivity (Wildman–Crippen MR) is 171 cm³/mol. The van der Waals surface area contributed by atoms with Gasteiger partial charge < -0.3 is 5.32 Å². The second-order valence-corrected chi connectivity index (χ2v) is 13.7. The maximum Gasteiger partial charge on any atom is 0.0177 e. The molecule has 1 heteroatoms. The van der Waals surface area contributed by atoms with Crippen molar-refractivity contribution in [1.82, 2.24) is 5.32 Å². The van der Waals surface area contributed by atoms with Crippen LogP contribution in [0.4, 0.5) is 0 Å². The Morgan fingerprint density at radius 1 is 0.895 bits per heavy atom. The van der Waals surface area contributed by atoms with Gasteiger partial charge in [0.2, 0.25) is 0 Å². The molecule has 1 aromatic rings. The van der Waals surface area contributed by atoms with Gasteiger partial charge >= 0.3 is 0 Å². The van der Waals surface area contributed by atoms with Gasteiger partial charge in [0, 0.05) is 18.2 Å². The van der Waals surface area contributed by atoms with E-state index in [1.165, 1.54) is 69.9 Å². The molecule has 1 N–H and O–H groups in total. The zero-order chi connectivity index (χ0) is 28.2. The Balaban J connectivity index is 1.90. The predicted octanol–water partition coefficient (Wildman–Crippen LogP) is 10.7. The van der Waals surface area contributed by atoms with Crippen LogP contribution in [-0.2, 0) is 19.3 Å². The van der Waals surface area contributed by atoms with Crippen LogP contribution in [0.5, 0.6) is 0 Å². The van der Waals surface area contributed by atoms with E-state index in [0.717, 1.165) is 48.5 Å². The molecule has 38 heavy (non-hydrogen) atoms. The molecule has 1 nitrogen and oxygen atoms in total. The van der Waals surface area contributed by atoms with E-state index < -0.39 is 0 Å². The number of unbranched alkanes of at least 4 members (excludes halogenated alkanes) is 3. The van der Waals surface area contributed by atoms with Gasteiger partial charge in [0.05, 0.1) is 0 Å². The van der Waals surface area contributed by atoms with Gasteiger partial charge in [0.15, 0.2) is 0 Å². The Hall–Kier alpha value is -1.24. The molecule has 0 heterocycles. The monoisotopic (exact) mass is 524 g/mol. The summed E-state index contributed by atoms with van der Waals surface area (Å²) in [6.45, 7) is 27.2. The first-order chi connectivity index (χ1) is 18.1. The third kappa shape index (κ3) is 10.4. The number of aryl methyl sites for hydroxylation is 2. The number of nitrogens with one attached hydrogen (secondary N) is 1. The maximum absolute atomic E-state index is 4.53. The number of allylic oxidation sites excluding steroid dienone is 1. The molecule has 4 unspecified atom stereocenters. The number of hydrogen-bond acceptors (Lipinski definition) is 1. The summed E-state index contributed by atoms with van der Waals surface area (Å²) < 4.78 is 0. The molecular weight excluding hydrogens is 458 g/mol. The largest absolute Gasteiger partial charge is 0.388 e. The first-order valence-electron chi connectivity index (χ1n) is 16.7. The van der Waals surface area contributed by atoms with Crippen LogP contribution in [0.2, 0.25) is 0 Å². The third-order valence-corrected chi connectivity index (χ3v) is 10.1. The van der Waals surface area contributed by atoms with Gasteiger partial charge in [-0.05, 0) is 96.6 Å². The highest BCUT2D eigenvalue weighted by Crippen LogP contribution is 2.47. The SMILES string of the molecule is C=C(NCC1[C@@H](C)[C@H]1CC)C(CC(C)CCC(Cc1ccc(CC)c(CCCCCC)c1)C(C)C)C(C)C. The summed E-state index contributed by atoms with van der Waals surface area (Å²) in [5, 5.41) is 3.78. The molecule has 0 aliphatic heterocycles. The number of benzene rings is 1. The van der Waals surface area contributed by atoms with Crippen LogP contribution < -0.4 is 5.32 Å². The van der Waals surface area contributed by atoms with Crippen molar-refractivity contribution in [2.75, 3.05) is 6.54 Å². The van der Waals surface area contributed by atoms with Crippen LogP contribution in [0.15, 0.2) is 30.5 Å². The van der Waals surface area contributed by atoms with Crippen LogP contribution in [0.1, 0.15) is 130 Å². The summed E-state index contributed by atoms with van der Waals surface area (Å²) in [5.41, 5.74) is 6.04. The van der Waals surface area contributed by atoms with E-state index in [-0.39, 0.29) is 0 Å². The van der Waals surface area contributed by atoms with E-state index in [1.54, 1.807) is 16.7 Å². The van der Waals surface area contributed by atoms with Crippen LogP contribution >= 0.6 is 0 Å². The fourth-order valence-corrected chi connectivity index (χ4v) is 7.00. The van der Waals surface area contributed by atoms with Crippen molar-refractivity contribution in [3.05, 3.63) is 47.2 Å². The average molecular weight is 524 g/mol. The number of rotatable bonds is 20. The molecule has 1 saturated carbocycles. The van der Waals surface area contributed by atoms with E-state index >= 15 is 0 Å². The molecule has 1 aromatic carbocycles. The van der Waals surface area contributed by atoms with Gasteiger partial charge in [-0.1, -0.05) is 119 Å². The fraction of sp³-hybridized carbons (Fsp3) is 0.784. The minimum atomic E-state index is 0.577. The topological polar surface area (TPSA) is 12.0 Å². The zero-order valence-corrected chi connectivity index (χ0v) is 27.0. The molecule has 0 bridgehead atoms. The second kappa shape index (κ2) is 16.8. The third-order valence-electron chi connectivity index (χ3n) is 10.1. The number of hydrogen-bond donors (Lipinski definition) is 1. The highest BCUT2D eigenvalue weighted by atomic mass is 14.9. The van der Waals surface area contributed by atoms with Gasteiger partial charge in [0.25, 0.3) is 0 Å². The molecule has 0 aromatic heterocycles. The smallest absolute Gasteiger partial charge is 0.0177 e. The van der Waals surface area contributed by atoms with Gasteiger partial charge in [-0.25, -0.2) is 0 Å². The second-order valence-electron chi connectivity index (χ2n) is 13.7. The molecular formula is C37H65N. The summed E-state index contributed by atoms with van der Waals surface area (Å²) >= 11 is 0. The Morgan fingerprint density at radius 2 is 1.63 bits per heavy atom. The van der Waals surface area contributed by atoms with Crippen molar-refractivity contribution < 1.29 is 0 Å². The van der Waals surface area contributed by atoms with Crippen LogP contribution in [0.3, 0.4) is 0 Å². The highest BCUT2D eigenvalue weighted by Gasteiger charge is 2.44. The summed E-state index contributed by atoms with van der Waals surface area (Å²) in [6, 6.07) is 7.43. The molecule has 0 radical (unpaired) electrons. The van der Waals surface area contributed by atoms with E-state index in [0.29, 0.717) is 11.8 Å². The highest BCUT2D eigenvalue weighted by molar-refractivity contribution is 5.32. The van der Waals surface area contributed by atoms with Crippen molar-refractivity contribution in [2.24, 2.45) is 47.3 Å². The molecule has 1 fully saturated rings. The standard InChI is InChI=1S/C37H65N/c1-11-14-15-16-17-34-24-31(19-21-32(34)12-2)23-33(26(4)5)20-18-28(8)22-36(27(6)7)30(10)38-25-37-29(9)35(37)13-3/h19,21,24,26-29,33,35-38H,10-18,20,22-23,25H2,1-9H3/t28?,29-,33?,35+,36?,37?/m0/s1. The summed E-state index contributed by atoms with van der Waals surface area (Å²) in [5.74, 6) is 6.12. The molecule has 1 aliphatic rings. The van der Waals surface area contributed by atoms with Crippen LogP contribution in [0.25, 0.3) is 0 Å². The van der Waals surface area contributed by atoms with E-state index in [4.69, 9.17) is 0 Å². The first-order valence-corrected chi connectivity index (χ1v) is 16.7. The van der Waals surface area contributed by atoms with E-state index in [1.807, 2.05) is 0 Å². The molecule has 2 rings (SSSR count). The average Bonchev–Trinajstić information content (AvgIpc) is 3.53. The van der Waals surface area contributed by atoms with Crippen molar-refractivity contribution >= 4 is 0 Å². The Kier molecular flexibility index (Phi) is 14.5. The lowest BCUT2D eigenvalue weighted by Crippen LogP contribution is -2.27. The minimum Gasteiger partial charge on any atom is -0.388 e. The Bertz CT molecular complexity index is 805. The van der Waals surface area contributed by atoms with Crippen molar-refractivity contribution in [3.8, 4) is 0 Å². The Morgan fingerprint density at radius 3 is 2.21 bits per heavy atom. The van der Waals surface area contributed by atoms with Crippen LogP contribution in [0, 0.1) is 47.3 Å². The van der Waals surface area contributed by atoms with Crippen molar-refractivity contribution in [2.45, 2.75) is 133 Å². The Labute approximate surface area is 239 Å². The van der Waals surface area contributed by atoms with Crippen LogP contribution in [-0.4, -0.2) is 6.54 Å². The first kappa shape index (κ1) is 33.0. The van der Waals surface area contributed by atoms with E-state index in [2.05, 4.69) is 92.4 Å². The summed E-state index contributed by atoms with van der Waals surface area (Å²) in [7, 11) is 0. The van der Waals surface area contributed by atoms with Gasteiger partial charge in [-0.3, -0.25) is 0 Å². The minimum absolute atomic E-state index is 0.577. The quantitative estimate of drug-likeness (QED) is 0.168. The molecule has 0 spiro atoms. The normalized spacial score (nSPS) is 21.5. The van der Waals surface area contributed by atoms with Crippen molar-refractivity contribution in [3.63, 3.8) is 0 Å². The zero-order valence-electron chi connectivity index (χ0n) is 27.0. The van der Waals surface area contributed by atoms with Gasteiger partial charge in [0.1, 0.15) is 0 Å². The lowest BCUT2D eigenvalue weighted by Gasteiger charge is -2.29. The van der Waals surface area contributed by atoms with Crippen molar-refractivity contribution in [1.29, 1.82) is 0 Å². The summed E-state index contributed by atoms with van der Waals surface area (Å²) in [4.78, 5) is 0. The molecule has 0 amide bonds. The lowest BCUT2D eigenvalue weighted by molar-refractivity contribution is 0.282. The molecule has 6 atom stereocenters. The molecule has 0 saturated heterocycles. The molecule has 1 aliphatic carbocycles. The lowest BCUT2D eigenvalue weighted by atomic mass is 9.79.